The molecule has 2 rings (SSSR count). The quantitative estimate of drug-likeness (QED) is 0.711. The molecule has 1 saturated heterocycles. The van der Waals surface area contributed by atoms with Crippen molar-refractivity contribution in [2.24, 2.45) is 0 Å². The average molecular weight is 247 g/mol. The normalized spacial score (nSPS) is 15.0. The van der Waals surface area contributed by atoms with Gasteiger partial charge in [-0.25, -0.2) is 9.78 Å². The van der Waals surface area contributed by atoms with E-state index in [9.17, 15) is 4.79 Å². The second-order valence-electron chi connectivity index (χ2n) is 3.77. The lowest BCUT2D eigenvalue weighted by molar-refractivity contribution is 0.0600. The van der Waals surface area contributed by atoms with Crippen LogP contribution in [-0.2, 0) is 9.47 Å². The van der Waals surface area contributed by atoms with Crippen LogP contribution in [0.2, 0.25) is 0 Å². The zero-order valence-corrected chi connectivity index (χ0v) is 10.0. The first-order valence-electron chi connectivity index (χ1n) is 5.58. The van der Waals surface area contributed by atoms with Gasteiger partial charge in [-0.05, 0) is 12.1 Å². The largest absolute Gasteiger partial charge is 0.465 e. The summed E-state index contributed by atoms with van der Waals surface area (Å²) in [5.41, 5.74) is 0.655. The number of carbonyl (C=O) groups is 1. The summed E-state index contributed by atoms with van der Waals surface area (Å²) in [6, 6.07) is 5.05. The molecular weight excluding hydrogens is 234 g/mol. The standard InChI is InChI=1S/C12H13N3O3/c1-17-12(16)10-3-2-9(8-13)14-11(10)15-4-6-18-7-5-15/h2-3H,4-7H2,1H3. The third kappa shape index (κ3) is 2.41. The number of hydrogen-bond donors (Lipinski definition) is 0. The summed E-state index contributed by atoms with van der Waals surface area (Å²) in [6.07, 6.45) is 0. The highest BCUT2D eigenvalue weighted by molar-refractivity contribution is 5.94. The molecule has 0 bridgehead atoms. The van der Waals surface area contributed by atoms with Gasteiger partial charge in [0.25, 0.3) is 0 Å². The van der Waals surface area contributed by atoms with E-state index in [1.165, 1.54) is 13.2 Å². The summed E-state index contributed by atoms with van der Waals surface area (Å²) < 4.78 is 9.98. The van der Waals surface area contributed by atoms with Crippen molar-refractivity contribution in [3.8, 4) is 6.07 Å². The van der Waals surface area contributed by atoms with Crippen molar-refractivity contribution < 1.29 is 14.3 Å². The molecule has 0 N–H and O–H groups in total. The van der Waals surface area contributed by atoms with Crippen LogP contribution < -0.4 is 4.90 Å². The molecule has 6 nitrogen and oxygen atoms in total. The molecule has 1 aromatic heterocycles. The summed E-state index contributed by atoms with van der Waals surface area (Å²) in [5, 5.41) is 8.88. The minimum absolute atomic E-state index is 0.282. The summed E-state index contributed by atoms with van der Waals surface area (Å²) in [5.74, 6) is 0.0395. The molecule has 1 aliphatic rings. The number of rotatable bonds is 2. The van der Waals surface area contributed by atoms with E-state index < -0.39 is 5.97 Å². The zero-order chi connectivity index (χ0) is 13.0. The Morgan fingerprint density at radius 1 is 1.50 bits per heavy atom. The van der Waals surface area contributed by atoms with Crippen LogP contribution in [0.3, 0.4) is 0 Å². The van der Waals surface area contributed by atoms with Gasteiger partial charge in [-0.3, -0.25) is 0 Å². The lowest BCUT2D eigenvalue weighted by atomic mass is 10.2. The van der Waals surface area contributed by atoms with Crippen LogP contribution in [0.1, 0.15) is 16.1 Å². The Kier molecular flexibility index (Phi) is 3.75. The number of nitriles is 1. The SMILES string of the molecule is COC(=O)c1ccc(C#N)nc1N1CCOCC1. The van der Waals surface area contributed by atoms with Crippen LogP contribution in [0, 0.1) is 11.3 Å². The molecule has 1 aliphatic heterocycles. The summed E-state index contributed by atoms with van der Waals surface area (Å²) in [7, 11) is 1.32. The first-order valence-corrected chi connectivity index (χ1v) is 5.58. The van der Waals surface area contributed by atoms with Gasteiger partial charge in [-0.2, -0.15) is 5.26 Å². The Morgan fingerprint density at radius 3 is 2.83 bits per heavy atom. The highest BCUT2D eigenvalue weighted by Gasteiger charge is 2.21. The van der Waals surface area contributed by atoms with Crippen LogP contribution in [0.15, 0.2) is 12.1 Å². The molecule has 0 aromatic carbocycles. The molecule has 0 atom stereocenters. The molecule has 18 heavy (non-hydrogen) atoms. The molecular formula is C12H13N3O3. The highest BCUT2D eigenvalue weighted by atomic mass is 16.5. The number of aromatic nitrogens is 1. The van der Waals surface area contributed by atoms with Crippen LogP contribution in [0.4, 0.5) is 5.82 Å². The molecule has 1 aromatic rings. The Hall–Kier alpha value is -2.13. The lowest BCUT2D eigenvalue weighted by Gasteiger charge is -2.28. The van der Waals surface area contributed by atoms with E-state index in [0.717, 1.165) is 0 Å². The summed E-state index contributed by atoms with van der Waals surface area (Å²) >= 11 is 0. The van der Waals surface area contributed by atoms with Gasteiger partial charge >= 0.3 is 5.97 Å². The number of anilines is 1. The number of ether oxygens (including phenoxy) is 2. The molecule has 0 spiro atoms. The van der Waals surface area contributed by atoms with Crippen LogP contribution >= 0.6 is 0 Å². The number of morpholine rings is 1. The van der Waals surface area contributed by atoms with Gasteiger partial charge in [0.2, 0.25) is 0 Å². The maximum absolute atomic E-state index is 11.7. The van der Waals surface area contributed by atoms with Crippen LogP contribution in [-0.4, -0.2) is 44.4 Å². The molecule has 0 saturated carbocycles. The molecule has 6 heteroatoms. The third-order valence-corrected chi connectivity index (χ3v) is 2.71. The van der Waals surface area contributed by atoms with Gasteiger partial charge in [-0.1, -0.05) is 0 Å². The first-order chi connectivity index (χ1) is 8.76. The van der Waals surface area contributed by atoms with E-state index in [1.807, 2.05) is 11.0 Å². The van der Waals surface area contributed by atoms with E-state index in [-0.39, 0.29) is 5.69 Å². The number of pyridine rings is 1. The van der Waals surface area contributed by atoms with E-state index in [4.69, 9.17) is 14.7 Å². The fourth-order valence-corrected chi connectivity index (χ4v) is 1.80. The van der Waals surface area contributed by atoms with Crippen molar-refractivity contribution in [3.05, 3.63) is 23.4 Å². The lowest BCUT2D eigenvalue weighted by Crippen LogP contribution is -2.37. The van der Waals surface area contributed by atoms with Gasteiger partial charge in [0.15, 0.2) is 0 Å². The molecule has 0 aliphatic carbocycles. The predicted molar refractivity (Wildman–Crippen MR) is 63.3 cm³/mol. The predicted octanol–water partition coefficient (Wildman–Crippen LogP) is 0.576. The molecule has 0 unspecified atom stereocenters. The number of nitrogens with zero attached hydrogens (tertiary/aromatic N) is 3. The van der Waals surface area contributed by atoms with Crippen molar-refractivity contribution in [2.45, 2.75) is 0 Å². The molecule has 2 heterocycles. The zero-order valence-electron chi connectivity index (χ0n) is 10.0. The van der Waals surface area contributed by atoms with Crippen molar-refractivity contribution in [1.82, 2.24) is 4.98 Å². The van der Waals surface area contributed by atoms with Gasteiger partial charge < -0.3 is 14.4 Å². The molecule has 0 radical (unpaired) electrons. The Morgan fingerprint density at radius 2 is 2.22 bits per heavy atom. The first kappa shape index (κ1) is 12.3. The van der Waals surface area contributed by atoms with Crippen molar-refractivity contribution in [3.63, 3.8) is 0 Å². The van der Waals surface area contributed by atoms with E-state index in [2.05, 4.69) is 4.98 Å². The second kappa shape index (κ2) is 5.47. The second-order valence-corrected chi connectivity index (χ2v) is 3.77. The van der Waals surface area contributed by atoms with Gasteiger partial charge in [0.1, 0.15) is 23.1 Å². The van der Waals surface area contributed by atoms with E-state index in [0.29, 0.717) is 37.7 Å². The van der Waals surface area contributed by atoms with Gasteiger partial charge in [-0.15, -0.1) is 0 Å². The topological polar surface area (TPSA) is 75.5 Å². The van der Waals surface area contributed by atoms with E-state index in [1.54, 1.807) is 6.07 Å². The minimum Gasteiger partial charge on any atom is -0.465 e. The van der Waals surface area contributed by atoms with Gasteiger partial charge in [0.05, 0.1) is 20.3 Å². The third-order valence-electron chi connectivity index (χ3n) is 2.71. The Bertz CT molecular complexity index is 490. The average Bonchev–Trinajstić information content (AvgIpc) is 2.46. The fraction of sp³-hybridized carbons (Fsp3) is 0.417. The number of carbonyl (C=O) groups excluding carboxylic acids is 1. The molecule has 1 fully saturated rings. The van der Waals surface area contributed by atoms with E-state index >= 15 is 0 Å². The number of methoxy groups -OCH3 is 1. The summed E-state index contributed by atoms with van der Waals surface area (Å²) in [4.78, 5) is 17.8. The highest BCUT2D eigenvalue weighted by Crippen LogP contribution is 2.20. The maximum Gasteiger partial charge on any atom is 0.341 e. The smallest absolute Gasteiger partial charge is 0.341 e. The monoisotopic (exact) mass is 247 g/mol. The van der Waals surface area contributed by atoms with Crippen molar-refractivity contribution in [1.29, 1.82) is 5.26 Å². The number of hydrogen-bond acceptors (Lipinski definition) is 6. The Balaban J connectivity index is 2.40. The number of esters is 1. The molecule has 94 valence electrons. The summed E-state index contributed by atoms with van der Waals surface area (Å²) in [6.45, 7) is 2.45. The molecule has 0 amide bonds. The Labute approximate surface area is 105 Å². The fourth-order valence-electron chi connectivity index (χ4n) is 1.80. The van der Waals surface area contributed by atoms with Gasteiger partial charge in [0, 0.05) is 13.1 Å². The van der Waals surface area contributed by atoms with Crippen LogP contribution in [0.5, 0.6) is 0 Å². The van der Waals surface area contributed by atoms with Crippen molar-refractivity contribution in [2.75, 3.05) is 38.3 Å². The maximum atomic E-state index is 11.7. The minimum atomic E-state index is -0.450. The van der Waals surface area contributed by atoms with Crippen LogP contribution in [0.25, 0.3) is 0 Å². The van der Waals surface area contributed by atoms with Crippen molar-refractivity contribution >= 4 is 11.8 Å².